The van der Waals surface area contributed by atoms with Crippen molar-refractivity contribution in [2.45, 2.75) is 57.8 Å². The molecule has 0 aliphatic carbocycles. The second-order valence-corrected chi connectivity index (χ2v) is 9.65. The molecule has 2 heterocycles. The zero-order valence-electron chi connectivity index (χ0n) is 20.1. The molecule has 0 bridgehead atoms. The van der Waals surface area contributed by atoms with Crippen LogP contribution in [0.25, 0.3) is 0 Å². The van der Waals surface area contributed by atoms with Crippen LogP contribution in [0.15, 0.2) is 24.3 Å². The van der Waals surface area contributed by atoms with E-state index in [2.05, 4.69) is 5.32 Å². The lowest BCUT2D eigenvalue weighted by atomic mass is 10.0. The van der Waals surface area contributed by atoms with Crippen LogP contribution in [0.1, 0.15) is 44.0 Å². The first kappa shape index (κ1) is 24.7. The number of amides is 3. The number of carbonyl (C=O) groups is 4. The van der Waals surface area contributed by atoms with Crippen LogP contribution >= 0.6 is 0 Å². The van der Waals surface area contributed by atoms with Gasteiger partial charge in [0.25, 0.3) is 5.91 Å². The van der Waals surface area contributed by atoms with Gasteiger partial charge >= 0.3 is 0 Å². The summed E-state index contributed by atoms with van der Waals surface area (Å²) < 4.78 is 0. The predicted octanol–water partition coefficient (Wildman–Crippen LogP) is 0.625. The number of Topliss-reactive ketones (excluding diaryl/α,β-unsaturated/α-hetero) is 1. The summed E-state index contributed by atoms with van der Waals surface area (Å²) in [6, 6.07) is 4.67. The molecule has 33 heavy (non-hydrogen) atoms. The van der Waals surface area contributed by atoms with Crippen molar-refractivity contribution in [3.05, 3.63) is 29.8 Å². The number of likely N-dealkylation sites (tertiary alicyclic amines) is 2. The molecule has 9 nitrogen and oxygen atoms in total. The lowest BCUT2D eigenvalue weighted by Gasteiger charge is -2.29. The van der Waals surface area contributed by atoms with Crippen LogP contribution in [0, 0.1) is 5.92 Å². The Morgan fingerprint density at radius 1 is 1.09 bits per heavy atom. The van der Waals surface area contributed by atoms with Gasteiger partial charge in [0.05, 0.1) is 18.6 Å². The van der Waals surface area contributed by atoms with Crippen molar-refractivity contribution in [3.8, 4) is 0 Å². The second-order valence-electron chi connectivity index (χ2n) is 9.65. The average molecular weight is 458 g/mol. The van der Waals surface area contributed by atoms with Gasteiger partial charge in [0.1, 0.15) is 12.1 Å². The van der Waals surface area contributed by atoms with Crippen molar-refractivity contribution in [2.24, 2.45) is 11.7 Å². The fourth-order valence-corrected chi connectivity index (χ4v) is 4.67. The number of rotatable bonds is 7. The third kappa shape index (κ3) is 5.19. The van der Waals surface area contributed by atoms with E-state index in [0.29, 0.717) is 24.9 Å². The minimum Gasteiger partial charge on any atom is -0.378 e. The summed E-state index contributed by atoms with van der Waals surface area (Å²) in [6.45, 7) is 5.89. The molecule has 2 aliphatic heterocycles. The molecule has 2 saturated heterocycles. The van der Waals surface area contributed by atoms with Crippen LogP contribution in [0.3, 0.4) is 0 Å². The quantitative estimate of drug-likeness (QED) is 0.620. The topological polar surface area (TPSA) is 116 Å². The normalized spacial score (nSPS) is 21.7. The molecule has 2 fully saturated rings. The van der Waals surface area contributed by atoms with Crippen molar-refractivity contribution in [1.29, 1.82) is 0 Å². The minimum absolute atomic E-state index is 0.0289. The molecular weight excluding hydrogens is 422 g/mol. The number of ketones is 1. The zero-order chi connectivity index (χ0) is 24.4. The molecular formula is C24H35N5O4. The lowest BCUT2D eigenvalue weighted by molar-refractivity contribution is -0.138. The molecule has 1 aromatic carbocycles. The third-order valence-corrected chi connectivity index (χ3v) is 6.33. The predicted molar refractivity (Wildman–Crippen MR) is 126 cm³/mol. The Morgan fingerprint density at radius 3 is 2.27 bits per heavy atom. The number of anilines is 1. The number of nitrogens with two attached hydrogens (primary N) is 1. The maximum atomic E-state index is 13.5. The van der Waals surface area contributed by atoms with Gasteiger partial charge in [0.15, 0.2) is 5.78 Å². The molecule has 0 aromatic heterocycles. The number of benzene rings is 1. The second kappa shape index (κ2) is 9.91. The van der Waals surface area contributed by atoms with Crippen molar-refractivity contribution in [2.75, 3.05) is 32.1 Å². The Labute approximate surface area is 195 Å². The highest BCUT2D eigenvalue weighted by atomic mass is 16.2. The Kier molecular flexibility index (Phi) is 7.41. The Balaban J connectivity index is 1.76. The molecule has 180 valence electrons. The highest BCUT2D eigenvalue weighted by Crippen LogP contribution is 2.31. The van der Waals surface area contributed by atoms with Crippen LogP contribution < -0.4 is 16.0 Å². The average Bonchev–Trinajstić information content (AvgIpc) is 3.33. The van der Waals surface area contributed by atoms with Gasteiger partial charge in [-0.05, 0) is 49.9 Å². The molecule has 0 spiro atoms. The van der Waals surface area contributed by atoms with E-state index in [0.717, 1.165) is 5.69 Å². The van der Waals surface area contributed by atoms with Crippen LogP contribution in [0.4, 0.5) is 5.69 Å². The van der Waals surface area contributed by atoms with E-state index < -0.39 is 18.1 Å². The molecule has 9 heteroatoms. The molecule has 3 amide bonds. The van der Waals surface area contributed by atoms with Crippen molar-refractivity contribution in [3.63, 3.8) is 0 Å². The highest BCUT2D eigenvalue weighted by molar-refractivity contribution is 6.01. The van der Waals surface area contributed by atoms with Gasteiger partial charge in [-0.2, -0.15) is 0 Å². The van der Waals surface area contributed by atoms with E-state index in [1.54, 1.807) is 24.0 Å². The maximum Gasteiger partial charge on any atom is 0.251 e. The molecule has 4 atom stereocenters. The van der Waals surface area contributed by atoms with Crippen LogP contribution in [-0.2, 0) is 14.4 Å². The van der Waals surface area contributed by atoms with E-state index in [9.17, 15) is 19.2 Å². The largest absolute Gasteiger partial charge is 0.378 e. The summed E-state index contributed by atoms with van der Waals surface area (Å²) in [5, 5.41) is 2.88. The molecule has 2 aliphatic rings. The minimum atomic E-state index is -0.754. The van der Waals surface area contributed by atoms with E-state index in [1.165, 1.54) is 4.90 Å². The first-order valence-corrected chi connectivity index (χ1v) is 11.5. The first-order valence-electron chi connectivity index (χ1n) is 11.5. The van der Waals surface area contributed by atoms with E-state index in [4.69, 9.17) is 5.73 Å². The summed E-state index contributed by atoms with van der Waals surface area (Å²) in [4.78, 5) is 56.6. The van der Waals surface area contributed by atoms with Gasteiger partial charge < -0.3 is 25.8 Å². The number of nitrogens with one attached hydrogen (secondary N) is 1. The van der Waals surface area contributed by atoms with Gasteiger partial charge in [-0.15, -0.1) is 0 Å². The monoisotopic (exact) mass is 457 g/mol. The molecule has 0 radical (unpaired) electrons. The van der Waals surface area contributed by atoms with E-state index >= 15 is 0 Å². The summed E-state index contributed by atoms with van der Waals surface area (Å²) in [6.07, 6.45) is 0.972. The Morgan fingerprint density at radius 2 is 1.73 bits per heavy atom. The van der Waals surface area contributed by atoms with E-state index in [-0.39, 0.29) is 42.0 Å². The highest BCUT2D eigenvalue weighted by Gasteiger charge is 2.52. The van der Waals surface area contributed by atoms with Gasteiger partial charge in [-0.1, -0.05) is 13.8 Å². The number of nitrogens with zero attached hydrogens (tertiary/aromatic N) is 3. The summed E-state index contributed by atoms with van der Waals surface area (Å²) in [7, 11) is 3.84. The van der Waals surface area contributed by atoms with E-state index in [1.807, 2.05) is 45.0 Å². The summed E-state index contributed by atoms with van der Waals surface area (Å²) in [5.41, 5.74) is 7.18. The smallest absolute Gasteiger partial charge is 0.251 e. The fourth-order valence-electron chi connectivity index (χ4n) is 4.67. The number of hydrogen-bond donors (Lipinski definition) is 2. The third-order valence-electron chi connectivity index (χ3n) is 6.33. The molecule has 0 saturated carbocycles. The van der Waals surface area contributed by atoms with Crippen molar-refractivity contribution >= 4 is 29.2 Å². The summed E-state index contributed by atoms with van der Waals surface area (Å²) in [5.74, 6) is -0.893. The van der Waals surface area contributed by atoms with Gasteiger partial charge in [0, 0.05) is 31.9 Å². The number of carbonyl (C=O) groups excluding carboxylic acids is 4. The molecule has 3 rings (SSSR count). The molecule has 2 unspecified atom stereocenters. The van der Waals surface area contributed by atoms with Gasteiger partial charge in [-0.25, -0.2) is 0 Å². The SMILES string of the molecule is CC(C)C[C@H](NC(=O)c1ccc(N(C)C)cc1)C(=O)N1CCC2C1C(=O)CN2C(=O)[C@@H](C)N. The number of hydrogen-bond acceptors (Lipinski definition) is 6. The van der Waals surface area contributed by atoms with Crippen molar-refractivity contribution < 1.29 is 19.2 Å². The van der Waals surface area contributed by atoms with Crippen LogP contribution in [0.5, 0.6) is 0 Å². The number of fused-ring (bicyclic) bond motifs is 1. The van der Waals surface area contributed by atoms with Crippen LogP contribution in [-0.4, -0.2) is 84.7 Å². The van der Waals surface area contributed by atoms with Crippen LogP contribution in [0.2, 0.25) is 0 Å². The van der Waals surface area contributed by atoms with Gasteiger partial charge in [-0.3, -0.25) is 19.2 Å². The molecule has 1 aromatic rings. The lowest BCUT2D eigenvalue weighted by Crippen LogP contribution is -2.53. The Hall–Kier alpha value is -2.94. The standard InChI is InChI=1S/C24H35N5O4/c1-14(2)12-18(26-22(31)16-6-8-17(9-7-16)27(4)5)24(33)28-11-10-19-21(28)20(30)13-29(19)23(32)15(3)25/h6-9,14-15,18-19,21H,10-13,25H2,1-5H3,(H,26,31)/t15-,18+,19?,21?/m1/s1. The summed E-state index contributed by atoms with van der Waals surface area (Å²) >= 11 is 0. The van der Waals surface area contributed by atoms with Crippen molar-refractivity contribution in [1.82, 2.24) is 15.1 Å². The Bertz CT molecular complexity index is 912. The first-order chi connectivity index (χ1) is 15.5. The molecule has 3 N–H and O–H groups in total. The maximum absolute atomic E-state index is 13.5. The fraction of sp³-hybridized carbons (Fsp3) is 0.583. The van der Waals surface area contributed by atoms with Gasteiger partial charge in [0.2, 0.25) is 11.8 Å². The zero-order valence-corrected chi connectivity index (χ0v) is 20.1.